The number of ether oxygens (including phenoxy) is 1. The second-order valence-electron chi connectivity index (χ2n) is 4.14. The van der Waals surface area contributed by atoms with Gasteiger partial charge in [-0.15, -0.1) is 0 Å². The van der Waals surface area contributed by atoms with Crippen LogP contribution in [0.3, 0.4) is 0 Å². The molecular formula is C14H18O. The number of benzene rings is 1. The van der Waals surface area contributed by atoms with Crippen LogP contribution in [-0.2, 0) is 4.74 Å². The van der Waals surface area contributed by atoms with Crippen LogP contribution < -0.4 is 0 Å². The van der Waals surface area contributed by atoms with Gasteiger partial charge in [-0.05, 0) is 24.8 Å². The molecule has 1 aromatic rings. The highest BCUT2D eigenvalue weighted by Crippen LogP contribution is 2.34. The van der Waals surface area contributed by atoms with Gasteiger partial charge >= 0.3 is 0 Å². The van der Waals surface area contributed by atoms with Gasteiger partial charge in [-0.3, -0.25) is 0 Å². The third-order valence-electron chi connectivity index (χ3n) is 3.20. The molecule has 0 amide bonds. The standard InChI is InChI=1S/C14H18O/c1-2-15-14-11-7-6-10-13(14)12-8-4-3-5-9-12/h2-5,8-9,13-14H,1,6-7,10-11H2/t13-,14+/m0/s1. The first-order valence-corrected chi connectivity index (χ1v) is 5.73. The predicted molar refractivity (Wildman–Crippen MR) is 62.7 cm³/mol. The maximum atomic E-state index is 5.61. The van der Waals surface area contributed by atoms with E-state index in [9.17, 15) is 0 Å². The monoisotopic (exact) mass is 202 g/mol. The average Bonchev–Trinajstić information content (AvgIpc) is 2.31. The van der Waals surface area contributed by atoms with Crippen molar-refractivity contribution in [2.45, 2.75) is 37.7 Å². The molecule has 0 saturated heterocycles. The van der Waals surface area contributed by atoms with Gasteiger partial charge in [0.05, 0.1) is 6.26 Å². The Morgan fingerprint density at radius 2 is 1.87 bits per heavy atom. The van der Waals surface area contributed by atoms with Crippen LogP contribution in [0.4, 0.5) is 0 Å². The van der Waals surface area contributed by atoms with Gasteiger partial charge in [-0.2, -0.15) is 0 Å². The molecule has 0 spiro atoms. The Morgan fingerprint density at radius 1 is 1.13 bits per heavy atom. The van der Waals surface area contributed by atoms with Crippen molar-refractivity contribution in [1.82, 2.24) is 0 Å². The van der Waals surface area contributed by atoms with Crippen molar-refractivity contribution in [2.24, 2.45) is 0 Å². The normalized spacial score (nSPS) is 25.9. The van der Waals surface area contributed by atoms with Crippen molar-refractivity contribution in [3.8, 4) is 0 Å². The molecule has 15 heavy (non-hydrogen) atoms. The van der Waals surface area contributed by atoms with Crippen molar-refractivity contribution < 1.29 is 4.74 Å². The third-order valence-corrected chi connectivity index (χ3v) is 3.20. The summed E-state index contributed by atoms with van der Waals surface area (Å²) in [6, 6.07) is 10.7. The quantitative estimate of drug-likeness (QED) is 0.676. The Balaban J connectivity index is 2.14. The lowest BCUT2D eigenvalue weighted by atomic mass is 9.81. The van der Waals surface area contributed by atoms with E-state index in [1.807, 2.05) is 0 Å². The molecule has 1 aliphatic rings. The smallest absolute Gasteiger partial charge is 0.105 e. The van der Waals surface area contributed by atoms with Crippen molar-refractivity contribution in [2.75, 3.05) is 0 Å². The Bertz CT molecular complexity index is 304. The number of hydrogen-bond donors (Lipinski definition) is 0. The molecule has 0 aliphatic heterocycles. The van der Waals surface area contributed by atoms with Gasteiger partial charge in [0.1, 0.15) is 6.10 Å². The average molecular weight is 202 g/mol. The number of rotatable bonds is 3. The van der Waals surface area contributed by atoms with Crippen LogP contribution in [0.2, 0.25) is 0 Å². The zero-order chi connectivity index (χ0) is 10.5. The van der Waals surface area contributed by atoms with E-state index in [4.69, 9.17) is 4.74 Å². The van der Waals surface area contributed by atoms with E-state index in [2.05, 4.69) is 36.9 Å². The topological polar surface area (TPSA) is 9.23 Å². The van der Waals surface area contributed by atoms with Gasteiger partial charge < -0.3 is 4.74 Å². The van der Waals surface area contributed by atoms with E-state index in [-0.39, 0.29) is 0 Å². The molecule has 1 nitrogen and oxygen atoms in total. The summed E-state index contributed by atoms with van der Waals surface area (Å²) in [6.07, 6.45) is 6.91. The van der Waals surface area contributed by atoms with Crippen LogP contribution in [0.5, 0.6) is 0 Å². The van der Waals surface area contributed by atoms with E-state index in [0.717, 1.165) is 6.42 Å². The van der Waals surface area contributed by atoms with Crippen LogP contribution in [0.1, 0.15) is 37.2 Å². The molecule has 1 saturated carbocycles. The molecule has 0 aromatic heterocycles. The van der Waals surface area contributed by atoms with Crippen LogP contribution in [0.25, 0.3) is 0 Å². The molecule has 1 aromatic carbocycles. The van der Waals surface area contributed by atoms with Gasteiger partial charge in [0.2, 0.25) is 0 Å². The number of hydrogen-bond acceptors (Lipinski definition) is 1. The summed E-state index contributed by atoms with van der Waals surface area (Å²) in [7, 11) is 0. The predicted octanol–water partition coefficient (Wildman–Crippen LogP) is 3.87. The highest BCUT2D eigenvalue weighted by molar-refractivity contribution is 5.21. The molecule has 0 bridgehead atoms. The molecule has 1 heteroatoms. The van der Waals surface area contributed by atoms with Gasteiger partial charge in [0.25, 0.3) is 0 Å². The zero-order valence-corrected chi connectivity index (χ0v) is 9.06. The van der Waals surface area contributed by atoms with E-state index in [1.165, 1.54) is 24.8 Å². The first kappa shape index (κ1) is 10.3. The molecule has 2 atom stereocenters. The van der Waals surface area contributed by atoms with Gasteiger partial charge in [0.15, 0.2) is 0 Å². The third kappa shape index (κ3) is 2.41. The van der Waals surface area contributed by atoms with Crippen LogP contribution in [0, 0.1) is 0 Å². The Hall–Kier alpha value is -1.24. The minimum atomic E-state index is 0.332. The highest BCUT2D eigenvalue weighted by atomic mass is 16.5. The Morgan fingerprint density at radius 3 is 2.60 bits per heavy atom. The minimum absolute atomic E-state index is 0.332. The second kappa shape index (κ2) is 5.01. The Kier molecular flexibility index (Phi) is 3.44. The first-order valence-electron chi connectivity index (χ1n) is 5.73. The lowest BCUT2D eigenvalue weighted by Gasteiger charge is -2.31. The molecule has 2 rings (SSSR count). The van der Waals surface area contributed by atoms with Crippen molar-refractivity contribution in [1.29, 1.82) is 0 Å². The maximum absolute atomic E-state index is 5.61. The molecule has 80 valence electrons. The van der Waals surface area contributed by atoms with E-state index < -0.39 is 0 Å². The van der Waals surface area contributed by atoms with Gasteiger partial charge in [-0.25, -0.2) is 0 Å². The van der Waals surface area contributed by atoms with Crippen LogP contribution >= 0.6 is 0 Å². The largest absolute Gasteiger partial charge is 0.498 e. The SMILES string of the molecule is C=CO[C@@H]1CCCC[C@H]1c1ccccc1. The van der Waals surface area contributed by atoms with E-state index >= 15 is 0 Å². The summed E-state index contributed by atoms with van der Waals surface area (Å²) in [5.41, 5.74) is 1.41. The molecule has 1 aliphatic carbocycles. The van der Waals surface area contributed by atoms with Crippen LogP contribution in [-0.4, -0.2) is 6.10 Å². The fraction of sp³-hybridized carbons (Fsp3) is 0.429. The van der Waals surface area contributed by atoms with E-state index in [1.54, 1.807) is 6.26 Å². The summed E-state index contributed by atoms with van der Waals surface area (Å²) < 4.78 is 5.61. The summed E-state index contributed by atoms with van der Waals surface area (Å²) in [5, 5.41) is 0. The first-order chi connectivity index (χ1) is 7.42. The van der Waals surface area contributed by atoms with Crippen molar-refractivity contribution in [3.05, 3.63) is 48.7 Å². The minimum Gasteiger partial charge on any atom is -0.498 e. The lowest BCUT2D eigenvalue weighted by molar-refractivity contribution is 0.0855. The molecule has 0 radical (unpaired) electrons. The van der Waals surface area contributed by atoms with Crippen molar-refractivity contribution >= 4 is 0 Å². The molecule has 0 N–H and O–H groups in total. The fourth-order valence-corrected chi connectivity index (χ4v) is 2.46. The molecule has 0 heterocycles. The molecule has 1 fully saturated rings. The van der Waals surface area contributed by atoms with Crippen LogP contribution in [0.15, 0.2) is 43.2 Å². The summed E-state index contributed by atoms with van der Waals surface area (Å²) in [4.78, 5) is 0. The summed E-state index contributed by atoms with van der Waals surface area (Å²) in [6.45, 7) is 3.66. The molecular weight excluding hydrogens is 184 g/mol. The summed E-state index contributed by atoms with van der Waals surface area (Å²) in [5.74, 6) is 0.554. The molecule has 0 unspecified atom stereocenters. The zero-order valence-electron chi connectivity index (χ0n) is 9.06. The van der Waals surface area contributed by atoms with E-state index in [0.29, 0.717) is 12.0 Å². The fourth-order valence-electron chi connectivity index (χ4n) is 2.46. The van der Waals surface area contributed by atoms with Gasteiger partial charge in [-0.1, -0.05) is 43.3 Å². The van der Waals surface area contributed by atoms with Gasteiger partial charge in [0, 0.05) is 5.92 Å². The van der Waals surface area contributed by atoms with Crippen molar-refractivity contribution in [3.63, 3.8) is 0 Å². The summed E-state index contributed by atoms with van der Waals surface area (Å²) >= 11 is 0. The Labute approximate surface area is 91.8 Å². The second-order valence-corrected chi connectivity index (χ2v) is 4.14. The lowest BCUT2D eigenvalue weighted by Crippen LogP contribution is -2.24. The highest BCUT2D eigenvalue weighted by Gasteiger charge is 2.26. The maximum Gasteiger partial charge on any atom is 0.105 e.